The van der Waals surface area contributed by atoms with Gasteiger partial charge in [0.05, 0.1) is 6.54 Å². The van der Waals surface area contributed by atoms with Crippen molar-refractivity contribution in [3.8, 4) is 11.3 Å². The van der Waals surface area contributed by atoms with Crippen LogP contribution in [-0.2, 0) is 6.54 Å². The number of benzene rings is 3. The number of fused-ring (bicyclic) bond motifs is 2. The second kappa shape index (κ2) is 6.42. The molecule has 1 aliphatic rings. The monoisotopic (exact) mass is 364 g/mol. The molecule has 0 aliphatic carbocycles. The lowest BCUT2D eigenvalue weighted by atomic mass is 10.0. The van der Waals surface area contributed by atoms with E-state index in [9.17, 15) is 0 Å². The Kier molecular flexibility index (Phi) is 3.87. The molecule has 0 amide bonds. The van der Waals surface area contributed by atoms with E-state index in [1.807, 2.05) is 0 Å². The van der Waals surface area contributed by atoms with Crippen LogP contribution in [0, 0.1) is 27.4 Å². The Morgan fingerprint density at radius 3 is 2.36 bits per heavy atom. The van der Waals surface area contributed by atoms with Crippen LogP contribution in [0.15, 0.2) is 72.8 Å². The second-order valence-electron chi connectivity index (χ2n) is 7.79. The number of nitrogens with zero attached hydrogens (tertiary/aromatic N) is 2. The van der Waals surface area contributed by atoms with Crippen LogP contribution >= 0.6 is 0 Å². The van der Waals surface area contributed by atoms with Crippen molar-refractivity contribution in [3.05, 3.63) is 102 Å². The van der Waals surface area contributed by atoms with Gasteiger partial charge in [-0.25, -0.2) is 0 Å². The molecule has 0 N–H and O–H groups in total. The van der Waals surface area contributed by atoms with Crippen molar-refractivity contribution in [2.45, 2.75) is 27.3 Å². The molecule has 2 heterocycles. The predicted molar refractivity (Wildman–Crippen MR) is 116 cm³/mol. The van der Waals surface area contributed by atoms with Crippen molar-refractivity contribution in [2.24, 2.45) is 0 Å². The Hall–Kier alpha value is -3.26. The average molecular weight is 364 g/mol. The summed E-state index contributed by atoms with van der Waals surface area (Å²) < 4.78 is 2.35. The summed E-state index contributed by atoms with van der Waals surface area (Å²) in [6.07, 6.45) is 0. The fraction of sp³-hybridized carbons (Fsp3) is 0.154. The molecule has 5 rings (SSSR count). The average Bonchev–Trinajstić information content (AvgIpc) is 3.10. The first-order valence-corrected chi connectivity index (χ1v) is 9.83. The molecule has 4 aromatic rings. The van der Waals surface area contributed by atoms with E-state index in [1.54, 1.807) is 0 Å². The van der Waals surface area contributed by atoms with Crippen molar-refractivity contribution in [1.29, 1.82) is 0 Å². The Bertz CT molecular complexity index is 1180. The number of aromatic nitrogens is 1. The van der Waals surface area contributed by atoms with Gasteiger partial charge < -0.3 is 9.47 Å². The maximum absolute atomic E-state index is 2.38. The minimum atomic E-state index is 0.892. The van der Waals surface area contributed by atoms with E-state index in [-0.39, 0.29) is 0 Å². The quantitative estimate of drug-likeness (QED) is 0.326. The molecule has 1 aromatic heterocycles. The highest BCUT2D eigenvalue weighted by Crippen LogP contribution is 2.32. The number of hydrogen-bond donors (Lipinski definition) is 0. The van der Waals surface area contributed by atoms with E-state index in [4.69, 9.17) is 0 Å². The lowest BCUT2D eigenvalue weighted by molar-refractivity contribution is -0.618. The zero-order valence-corrected chi connectivity index (χ0v) is 16.6. The van der Waals surface area contributed by atoms with Crippen molar-refractivity contribution in [3.63, 3.8) is 0 Å². The van der Waals surface area contributed by atoms with Gasteiger partial charge in [-0.3, -0.25) is 0 Å². The molecule has 0 spiro atoms. The third-order valence-electron chi connectivity index (χ3n) is 5.69. The van der Waals surface area contributed by atoms with E-state index in [0.717, 1.165) is 6.54 Å². The summed E-state index contributed by atoms with van der Waals surface area (Å²) in [4.78, 5) is 2.38. The smallest absolute Gasteiger partial charge is 0.145 e. The molecule has 1 aliphatic heterocycles. The van der Waals surface area contributed by atoms with E-state index in [2.05, 4.69) is 110 Å². The molecule has 138 valence electrons. The van der Waals surface area contributed by atoms with Gasteiger partial charge in [0.15, 0.2) is 0 Å². The Morgan fingerprint density at radius 1 is 0.821 bits per heavy atom. The summed E-state index contributed by atoms with van der Waals surface area (Å²) in [7, 11) is 0. The molecule has 0 fully saturated rings. The summed E-state index contributed by atoms with van der Waals surface area (Å²) in [6.45, 7) is 9.74. The van der Waals surface area contributed by atoms with Crippen molar-refractivity contribution >= 4 is 16.5 Å². The van der Waals surface area contributed by atoms with Gasteiger partial charge in [0, 0.05) is 5.69 Å². The Balaban J connectivity index is 1.62. The van der Waals surface area contributed by atoms with Gasteiger partial charge in [-0.05, 0) is 54.3 Å². The third-order valence-corrected chi connectivity index (χ3v) is 5.69. The maximum Gasteiger partial charge on any atom is 0.145 e. The second-order valence-corrected chi connectivity index (χ2v) is 7.79. The molecule has 0 atom stereocenters. The van der Waals surface area contributed by atoms with Crippen molar-refractivity contribution in [2.75, 3.05) is 4.90 Å². The largest absolute Gasteiger partial charge is 0.348 e. The van der Waals surface area contributed by atoms with Crippen LogP contribution < -0.4 is 9.47 Å². The zero-order valence-electron chi connectivity index (χ0n) is 16.6. The van der Waals surface area contributed by atoms with Crippen LogP contribution in [0.4, 0.5) is 5.69 Å². The first-order valence-electron chi connectivity index (χ1n) is 9.83. The van der Waals surface area contributed by atoms with Crippen molar-refractivity contribution in [1.82, 2.24) is 0 Å². The number of pyridine rings is 1. The lowest BCUT2D eigenvalue weighted by Gasteiger charge is -2.22. The van der Waals surface area contributed by atoms with Gasteiger partial charge in [0.1, 0.15) is 18.1 Å². The molecule has 0 unspecified atom stereocenters. The third kappa shape index (κ3) is 2.65. The van der Waals surface area contributed by atoms with E-state index in [1.165, 1.54) is 50.1 Å². The highest BCUT2D eigenvalue weighted by molar-refractivity contribution is 5.95. The standard InChI is InChI=1S/C26H24N2/c1-18-14-19(2)26(20(3)15-18)27-16-22-10-7-13-25(28(22)17-27)24-12-6-9-21-8-4-5-11-23(21)24/h4-15,17H,16H2,1-3H3. The topological polar surface area (TPSA) is 7.12 Å². The number of rotatable bonds is 2. The first kappa shape index (κ1) is 16.9. The Morgan fingerprint density at radius 2 is 1.54 bits per heavy atom. The predicted octanol–water partition coefficient (Wildman–Crippen LogP) is 5.71. The van der Waals surface area contributed by atoms with Gasteiger partial charge in [-0.2, -0.15) is 0 Å². The molecule has 2 heteroatoms. The molecule has 3 aromatic carbocycles. The maximum atomic E-state index is 2.38. The minimum absolute atomic E-state index is 0.892. The van der Waals surface area contributed by atoms with Crippen molar-refractivity contribution < 1.29 is 4.57 Å². The molecular formula is C26H24N2. The zero-order chi connectivity index (χ0) is 19.3. The summed E-state index contributed by atoms with van der Waals surface area (Å²) in [5, 5.41) is 2.57. The van der Waals surface area contributed by atoms with Crippen LogP contribution in [-0.4, -0.2) is 0 Å². The van der Waals surface area contributed by atoms with E-state index < -0.39 is 0 Å². The lowest BCUT2D eigenvalue weighted by Crippen LogP contribution is -2.37. The summed E-state index contributed by atoms with van der Waals surface area (Å²) >= 11 is 0. The SMILES string of the molecule is Cc1cc(C)c(N2[CH-][n+]3c(cccc3-c3cccc4ccccc34)C2)c(C)c1. The van der Waals surface area contributed by atoms with Crippen LogP contribution in [0.5, 0.6) is 0 Å². The molecule has 0 radical (unpaired) electrons. The molecule has 0 saturated heterocycles. The summed E-state index contributed by atoms with van der Waals surface area (Å²) in [5.41, 5.74) is 9.11. The van der Waals surface area contributed by atoms with Gasteiger partial charge in [0.25, 0.3) is 0 Å². The molecule has 2 nitrogen and oxygen atoms in total. The highest BCUT2D eigenvalue weighted by atomic mass is 15.3. The number of hydrogen-bond acceptors (Lipinski definition) is 1. The van der Waals surface area contributed by atoms with E-state index >= 15 is 0 Å². The number of anilines is 1. The van der Waals surface area contributed by atoms with E-state index in [0.29, 0.717) is 0 Å². The summed E-state index contributed by atoms with van der Waals surface area (Å²) in [5.74, 6) is 0. The highest BCUT2D eigenvalue weighted by Gasteiger charge is 2.25. The first-order chi connectivity index (χ1) is 13.6. The van der Waals surface area contributed by atoms with Crippen LogP contribution in [0.25, 0.3) is 22.0 Å². The minimum Gasteiger partial charge on any atom is -0.348 e. The fourth-order valence-corrected chi connectivity index (χ4v) is 4.62. The van der Waals surface area contributed by atoms with Crippen LogP contribution in [0.1, 0.15) is 22.4 Å². The van der Waals surface area contributed by atoms with Gasteiger partial charge in [-0.1, -0.05) is 72.3 Å². The van der Waals surface area contributed by atoms with Gasteiger partial charge in [0.2, 0.25) is 0 Å². The van der Waals surface area contributed by atoms with Gasteiger partial charge >= 0.3 is 0 Å². The normalized spacial score (nSPS) is 12.9. The number of aryl methyl sites for hydroxylation is 3. The molecule has 0 saturated carbocycles. The fourth-order valence-electron chi connectivity index (χ4n) is 4.62. The Labute approximate surface area is 166 Å². The molecule has 0 bridgehead atoms. The molecule has 28 heavy (non-hydrogen) atoms. The summed E-state index contributed by atoms with van der Waals surface area (Å²) in [6, 6.07) is 26.3. The van der Waals surface area contributed by atoms with Crippen LogP contribution in [0.3, 0.4) is 0 Å². The van der Waals surface area contributed by atoms with Gasteiger partial charge in [-0.15, -0.1) is 0 Å². The van der Waals surface area contributed by atoms with Crippen LogP contribution in [0.2, 0.25) is 0 Å². The molecular weight excluding hydrogens is 340 g/mol.